The summed E-state index contributed by atoms with van der Waals surface area (Å²) in [5, 5.41) is 1.91. The van der Waals surface area contributed by atoms with Crippen molar-refractivity contribution in [3.63, 3.8) is 0 Å². The largest absolute Gasteiger partial charge is 0.326 e. The van der Waals surface area contributed by atoms with Crippen LogP contribution in [0.2, 0.25) is 0 Å². The lowest BCUT2D eigenvalue weighted by molar-refractivity contribution is -0.124. The van der Waals surface area contributed by atoms with Gasteiger partial charge in [-0.25, -0.2) is 0 Å². The van der Waals surface area contributed by atoms with Crippen LogP contribution in [0, 0.1) is 0 Å². The van der Waals surface area contributed by atoms with Crippen LogP contribution in [0.3, 0.4) is 0 Å². The highest BCUT2D eigenvalue weighted by molar-refractivity contribution is 7.12. The van der Waals surface area contributed by atoms with Gasteiger partial charge in [0.25, 0.3) is 5.91 Å². The van der Waals surface area contributed by atoms with E-state index < -0.39 is 0 Å². The average Bonchev–Trinajstić information content (AvgIpc) is 3.21. The number of hydrogen-bond donors (Lipinski definition) is 0. The van der Waals surface area contributed by atoms with Crippen molar-refractivity contribution in [3.8, 4) is 0 Å². The highest BCUT2D eigenvalue weighted by atomic mass is 32.1. The summed E-state index contributed by atoms with van der Waals surface area (Å²) in [7, 11) is 0. The van der Waals surface area contributed by atoms with Gasteiger partial charge in [-0.3, -0.25) is 9.59 Å². The van der Waals surface area contributed by atoms with Crippen LogP contribution in [0.25, 0.3) is 0 Å². The minimum absolute atomic E-state index is 0.00153. The second-order valence-corrected chi connectivity index (χ2v) is 7.66. The molecule has 4 nitrogen and oxygen atoms in total. The number of rotatable bonds is 2. The Kier molecular flexibility index (Phi) is 4.57. The molecule has 1 fully saturated rings. The minimum Gasteiger partial charge on any atom is -0.326 e. The highest BCUT2D eigenvalue weighted by Gasteiger charge is 2.36. The molecule has 25 heavy (non-hydrogen) atoms. The lowest BCUT2D eigenvalue weighted by atomic mass is 9.97. The van der Waals surface area contributed by atoms with Crippen LogP contribution < -0.4 is 4.90 Å². The summed E-state index contributed by atoms with van der Waals surface area (Å²) in [6, 6.07) is 11.5. The maximum absolute atomic E-state index is 13.3. The summed E-state index contributed by atoms with van der Waals surface area (Å²) in [5.74, 6) is 0.0788. The third-order valence-corrected chi connectivity index (χ3v) is 6.01. The van der Waals surface area contributed by atoms with Crippen LogP contribution in [0.5, 0.6) is 0 Å². The van der Waals surface area contributed by atoms with Gasteiger partial charge in [-0.1, -0.05) is 24.3 Å². The lowest BCUT2D eigenvalue weighted by Gasteiger charge is -2.39. The van der Waals surface area contributed by atoms with Gasteiger partial charge < -0.3 is 9.80 Å². The number of amides is 2. The fourth-order valence-corrected chi connectivity index (χ4v) is 4.59. The van der Waals surface area contributed by atoms with Gasteiger partial charge in [0.2, 0.25) is 5.91 Å². The van der Waals surface area contributed by atoms with Crippen molar-refractivity contribution < 1.29 is 9.59 Å². The van der Waals surface area contributed by atoms with Crippen molar-refractivity contribution in [2.45, 2.75) is 38.1 Å². The number of thiophene rings is 1. The van der Waals surface area contributed by atoms with Crippen molar-refractivity contribution in [1.82, 2.24) is 4.90 Å². The van der Waals surface area contributed by atoms with Gasteiger partial charge in [-0.2, -0.15) is 0 Å². The number of carbonyl (C=O) groups excluding carboxylic acids is 2. The summed E-state index contributed by atoms with van der Waals surface area (Å²) in [4.78, 5) is 30.6. The molecule has 0 aliphatic carbocycles. The Bertz CT molecular complexity index is 772. The number of piperidine rings is 1. The molecule has 130 valence electrons. The predicted octanol–water partition coefficient (Wildman–Crippen LogP) is 3.72. The number of likely N-dealkylation sites (tertiary alicyclic amines) is 1. The first-order chi connectivity index (χ1) is 12.3. The molecule has 2 aromatic rings. The molecule has 1 saturated heterocycles. The third-order valence-electron chi connectivity index (χ3n) is 5.16. The van der Waals surface area contributed by atoms with Crippen LogP contribution >= 0.6 is 11.3 Å². The molecule has 2 amide bonds. The van der Waals surface area contributed by atoms with Gasteiger partial charge in [-0.05, 0) is 55.2 Å². The summed E-state index contributed by atoms with van der Waals surface area (Å²) < 4.78 is 0. The average molecular weight is 354 g/mol. The van der Waals surface area contributed by atoms with E-state index in [1.54, 1.807) is 4.90 Å². The van der Waals surface area contributed by atoms with Crippen molar-refractivity contribution in [2.75, 3.05) is 18.0 Å². The maximum Gasteiger partial charge on any atom is 0.264 e. The van der Waals surface area contributed by atoms with Crippen molar-refractivity contribution in [2.24, 2.45) is 0 Å². The van der Waals surface area contributed by atoms with Gasteiger partial charge in [0, 0.05) is 18.8 Å². The van der Waals surface area contributed by atoms with Crippen LogP contribution in [-0.4, -0.2) is 35.8 Å². The molecule has 5 heteroatoms. The molecule has 0 bridgehead atoms. The monoisotopic (exact) mass is 354 g/mol. The fraction of sp³-hybridized carbons (Fsp3) is 0.400. The number of carbonyl (C=O) groups is 2. The number of para-hydroxylation sites is 1. The molecule has 0 N–H and O–H groups in total. The Morgan fingerprint density at radius 1 is 1.00 bits per heavy atom. The van der Waals surface area contributed by atoms with Gasteiger partial charge >= 0.3 is 0 Å². The Balaban J connectivity index is 1.61. The molecule has 1 atom stereocenters. The Morgan fingerprint density at radius 3 is 2.72 bits per heavy atom. The van der Waals surface area contributed by atoms with Gasteiger partial charge in [-0.15, -0.1) is 11.3 Å². The molecule has 1 unspecified atom stereocenters. The number of anilines is 1. The second kappa shape index (κ2) is 7.00. The number of hydrogen-bond acceptors (Lipinski definition) is 3. The van der Waals surface area contributed by atoms with E-state index in [1.807, 2.05) is 40.6 Å². The molecule has 0 saturated carbocycles. The van der Waals surface area contributed by atoms with E-state index in [0.717, 1.165) is 49.2 Å². The molecular weight excluding hydrogens is 332 g/mol. The van der Waals surface area contributed by atoms with E-state index in [-0.39, 0.29) is 17.9 Å². The van der Waals surface area contributed by atoms with Crippen LogP contribution in [0.15, 0.2) is 41.8 Å². The first-order valence-electron chi connectivity index (χ1n) is 8.99. The van der Waals surface area contributed by atoms with E-state index in [4.69, 9.17) is 0 Å². The van der Waals surface area contributed by atoms with Gasteiger partial charge in [0.1, 0.15) is 6.04 Å². The van der Waals surface area contributed by atoms with E-state index in [9.17, 15) is 9.59 Å². The molecule has 1 aromatic heterocycles. The molecule has 0 radical (unpaired) electrons. The number of nitrogens with zero attached hydrogens (tertiary/aromatic N) is 2. The second-order valence-electron chi connectivity index (χ2n) is 6.71. The van der Waals surface area contributed by atoms with E-state index in [2.05, 4.69) is 6.07 Å². The Labute approximate surface area is 152 Å². The van der Waals surface area contributed by atoms with Crippen LogP contribution in [-0.2, 0) is 11.2 Å². The predicted molar refractivity (Wildman–Crippen MR) is 100 cm³/mol. The quantitative estimate of drug-likeness (QED) is 0.825. The van der Waals surface area contributed by atoms with E-state index in [0.29, 0.717) is 6.54 Å². The van der Waals surface area contributed by atoms with Crippen LogP contribution in [0.1, 0.15) is 40.9 Å². The van der Waals surface area contributed by atoms with Gasteiger partial charge in [0.05, 0.1) is 4.88 Å². The first-order valence-corrected chi connectivity index (χ1v) is 9.87. The lowest BCUT2D eigenvalue weighted by Crippen LogP contribution is -2.54. The van der Waals surface area contributed by atoms with Crippen LogP contribution in [0.4, 0.5) is 5.69 Å². The van der Waals surface area contributed by atoms with E-state index >= 15 is 0 Å². The number of aryl methyl sites for hydroxylation is 1. The normalized spacial score (nSPS) is 20.2. The molecule has 4 rings (SSSR count). The van der Waals surface area contributed by atoms with E-state index in [1.165, 1.54) is 16.9 Å². The van der Waals surface area contributed by atoms with Crippen molar-refractivity contribution in [3.05, 3.63) is 52.2 Å². The molecule has 2 aliphatic heterocycles. The van der Waals surface area contributed by atoms with Crippen molar-refractivity contribution in [1.29, 1.82) is 0 Å². The summed E-state index contributed by atoms with van der Waals surface area (Å²) in [5.41, 5.74) is 2.25. The Morgan fingerprint density at radius 2 is 1.88 bits per heavy atom. The number of fused-ring (bicyclic) bond motifs is 1. The summed E-state index contributed by atoms with van der Waals surface area (Å²) >= 11 is 1.45. The summed E-state index contributed by atoms with van der Waals surface area (Å²) in [6.07, 6.45) is 4.73. The zero-order valence-corrected chi connectivity index (χ0v) is 15.0. The topological polar surface area (TPSA) is 40.6 Å². The zero-order valence-electron chi connectivity index (χ0n) is 14.2. The fourth-order valence-electron chi connectivity index (χ4n) is 3.92. The van der Waals surface area contributed by atoms with Crippen molar-refractivity contribution >= 4 is 28.8 Å². The molecule has 2 aliphatic rings. The molecular formula is C20H22N2O2S. The molecule has 3 heterocycles. The maximum atomic E-state index is 13.3. The molecule has 1 aromatic carbocycles. The van der Waals surface area contributed by atoms with Gasteiger partial charge in [0.15, 0.2) is 0 Å². The number of benzene rings is 1. The smallest absolute Gasteiger partial charge is 0.264 e. The first kappa shape index (κ1) is 16.3. The SMILES string of the molecule is O=C(C1CCCCN1C(=O)c1cccs1)N1CCCc2ccccc21. The minimum atomic E-state index is -0.338. The standard InChI is InChI=1S/C20H22N2O2S/c23-19(21-13-5-8-15-7-1-2-9-16(15)21)17-10-3-4-12-22(17)20(24)18-11-6-14-25-18/h1-2,6-7,9,11,14,17H,3-5,8,10,12-13H2. The third kappa shape index (κ3) is 3.09. The zero-order chi connectivity index (χ0) is 17.2. The Hall–Kier alpha value is -2.14. The molecule has 0 spiro atoms. The highest BCUT2D eigenvalue weighted by Crippen LogP contribution is 2.30. The summed E-state index contributed by atoms with van der Waals surface area (Å²) in [6.45, 7) is 1.41.